The van der Waals surface area contributed by atoms with Gasteiger partial charge in [0.05, 0.1) is 19.6 Å². The van der Waals surface area contributed by atoms with Gasteiger partial charge in [-0.1, -0.05) is 6.07 Å². The van der Waals surface area contributed by atoms with Gasteiger partial charge in [0, 0.05) is 11.4 Å². The number of thiophene rings is 1. The van der Waals surface area contributed by atoms with Crippen molar-refractivity contribution < 1.29 is 19.4 Å². The lowest BCUT2D eigenvalue weighted by atomic mass is 10.2. The van der Waals surface area contributed by atoms with E-state index in [0.29, 0.717) is 13.2 Å². The van der Waals surface area contributed by atoms with Gasteiger partial charge in [0.2, 0.25) is 5.91 Å². The molecule has 0 aliphatic carbocycles. The van der Waals surface area contributed by atoms with Crippen LogP contribution < -0.4 is 0 Å². The second kappa shape index (κ2) is 5.29. The number of morpholine rings is 1. The van der Waals surface area contributed by atoms with E-state index in [2.05, 4.69) is 0 Å². The van der Waals surface area contributed by atoms with E-state index in [0.717, 1.165) is 4.88 Å². The van der Waals surface area contributed by atoms with Crippen molar-refractivity contribution in [2.24, 2.45) is 0 Å². The number of rotatable bonds is 3. The Kier molecular flexibility index (Phi) is 3.75. The highest BCUT2D eigenvalue weighted by molar-refractivity contribution is 7.10. The van der Waals surface area contributed by atoms with Crippen LogP contribution in [0.2, 0.25) is 0 Å². The second-order valence-electron chi connectivity index (χ2n) is 3.77. The summed E-state index contributed by atoms with van der Waals surface area (Å²) in [5, 5.41) is 10.9. The molecule has 0 bridgehead atoms. The molecule has 0 unspecified atom stereocenters. The van der Waals surface area contributed by atoms with Gasteiger partial charge in [0.1, 0.15) is 0 Å². The number of carboxylic acid groups (broad SMARTS) is 1. The largest absolute Gasteiger partial charge is 0.480 e. The zero-order chi connectivity index (χ0) is 12.3. The fourth-order valence-electron chi connectivity index (χ4n) is 1.77. The maximum atomic E-state index is 12.0. The van der Waals surface area contributed by atoms with Crippen LogP contribution in [0.3, 0.4) is 0 Å². The Hall–Kier alpha value is -1.40. The first-order valence-corrected chi connectivity index (χ1v) is 6.19. The van der Waals surface area contributed by atoms with Gasteiger partial charge in [-0.05, 0) is 11.4 Å². The first kappa shape index (κ1) is 12.1. The van der Waals surface area contributed by atoms with Crippen molar-refractivity contribution >= 4 is 23.2 Å². The van der Waals surface area contributed by atoms with Crippen molar-refractivity contribution in [2.75, 3.05) is 19.8 Å². The molecule has 1 aliphatic rings. The first-order valence-electron chi connectivity index (χ1n) is 5.31. The highest BCUT2D eigenvalue weighted by Crippen LogP contribution is 2.14. The third-order valence-corrected chi connectivity index (χ3v) is 3.52. The molecule has 17 heavy (non-hydrogen) atoms. The second-order valence-corrected chi connectivity index (χ2v) is 4.80. The lowest BCUT2D eigenvalue weighted by molar-refractivity contribution is -0.157. The van der Waals surface area contributed by atoms with Gasteiger partial charge in [-0.2, -0.15) is 0 Å². The number of carbonyl (C=O) groups is 2. The molecule has 2 rings (SSSR count). The highest BCUT2D eigenvalue weighted by atomic mass is 32.1. The fourth-order valence-corrected chi connectivity index (χ4v) is 2.47. The number of hydrogen-bond donors (Lipinski definition) is 1. The summed E-state index contributed by atoms with van der Waals surface area (Å²) < 4.78 is 5.09. The van der Waals surface area contributed by atoms with Crippen LogP contribution >= 0.6 is 11.3 Å². The molecule has 1 fully saturated rings. The smallest absolute Gasteiger partial charge is 0.328 e. The summed E-state index contributed by atoms with van der Waals surface area (Å²) in [4.78, 5) is 25.3. The molecule has 2 heterocycles. The Morgan fingerprint density at radius 2 is 2.41 bits per heavy atom. The number of amides is 1. The maximum Gasteiger partial charge on any atom is 0.328 e. The summed E-state index contributed by atoms with van der Waals surface area (Å²) >= 11 is 1.50. The molecule has 0 spiro atoms. The minimum absolute atomic E-state index is 0.0749. The lowest BCUT2D eigenvalue weighted by Gasteiger charge is -2.32. The van der Waals surface area contributed by atoms with Crippen LogP contribution in [0.1, 0.15) is 4.88 Å². The van der Waals surface area contributed by atoms with Crippen molar-refractivity contribution in [3.8, 4) is 0 Å². The van der Waals surface area contributed by atoms with Crippen LogP contribution in [-0.4, -0.2) is 47.7 Å². The summed E-state index contributed by atoms with van der Waals surface area (Å²) in [7, 11) is 0. The Morgan fingerprint density at radius 1 is 1.59 bits per heavy atom. The average Bonchev–Trinajstić information content (AvgIpc) is 2.81. The average molecular weight is 255 g/mol. The van der Waals surface area contributed by atoms with E-state index < -0.39 is 12.0 Å². The number of aliphatic carboxylic acids is 1. The van der Waals surface area contributed by atoms with E-state index in [1.807, 2.05) is 17.5 Å². The van der Waals surface area contributed by atoms with Crippen molar-refractivity contribution in [2.45, 2.75) is 12.5 Å². The molecule has 6 heteroatoms. The monoisotopic (exact) mass is 255 g/mol. The standard InChI is InChI=1S/C11H13NO4S/c13-10(6-8-2-1-5-17-8)12-3-4-16-7-9(12)11(14)15/h1-2,5,9H,3-4,6-7H2,(H,14,15)/t9-/m1/s1. The molecule has 1 N–H and O–H groups in total. The first-order chi connectivity index (χ1) is 8.18. The van der Waals surface area contributed by atoms with Gasteiger partial charge in [0.25, 0.3) is 0 Å². The molecule has 1 aromatic heterocycles. The number of nitrogens with zero attached hydrogens (tertiary/aromatic N) is 1. The molecule has 0 radical (unpaired) electrons. The topological polar surface area (TPSA) is 66.8 Å². The van der Waals surface area contributed by atoms with Crippen LogP contribution in [-0.2, 0) is 20.7 Å². The van der Waals surface area contributed by atoms with Crippen molar-refractivity contribution in [1.29, 1.82) is 0 Å². The lowest BCUT2D eigenvalue weighted by Crippen LogP contribution is -2.53. The fraction of sp³-hybridized carbons (Fsp3) is 0.455. The van der Waals surface area contributed by atoms with Crippen molar-refractivity contribution in [1.82, 2.24) is 4.90 Å². The molecule has 1 atom stereocenters. The van der Waals surface area contributed by atoms with Crippen LogP contribution in [0.25, 0.3) is 0 Å². The van der Waals surface area contributed by atoms with Crippen LogP contribution in [0.4, 0.5) is 0 Å². The van der Waals surface area contributed by atoms with E-state index in [9.17, 15) is 9.59 Å². The molecule has 0 aromatic carbocycles. The normalized spacial score (nSPS) is 20.2. The van der Waals surface area contributed by atoms with Gasteiger partial charge in [-0.3, -0.25) is 4.79 Å². The molecule has 5 nitrogen and oxygen atoms in total. The van der Waals surface area contributed by atoms with Crippen LogP contribution in [0, 0.1) is 0 Å². The molecule has 1 saturated heterocycles. The Bertz CT molecular complexity index is 404. The van der Waals surface area contributed by atoms with Crippen molar-refractivity contribution in [3.63, 3.8) is 0 Å². The summed E-state index contributed by atoms with van der Waals surface area (Å²) in [6, 6.07) is 2.90. The Morgan fingerprint density at radius 3 is 3.06 bits per heavy atom. The zero-order valence-electron chi connectivity index (χ0n) is 9.17. The van der Waals surface area contributed by atoms with E-state index in [-0.39, 0.29) is 18.9 Å². The molecular weight excluding hydrogens is 242 g/mol. The molecule has 1 aromatic rings. The summed E-state index contributed by atoms with van der Waals surface area (Å²) in [5.74, 6) is -1.16. The maximum absolute atomic E-state index is 12.0. The zero-order valence-corrected chi connectivity index (χ0v) is 9.98. The Balaban J connectivity index is 2.03. The molecule has 1 aliphatic heterocycles. The molecule has 0 saturated carbocycles. The predicted molar refractivity (Wildman–Crippen MR) is 62.0 cm³/mol. The van der Waals surface area contributed by atoms with E-state index in [1.165, 1.54) is 16.2 Å². The minimum Gasteiger partial charge on any atom is -0.480 e. The van der Waals surface area contributed by atoms with Crippen molar-refractivity contribution in [3.05, 3.63) is 22.4 Å². The van der Waals surface area contributed by atoms with Gasteiger partial charge in [-0.25, -0.2) is 4.79 Å². The number of carboxylic acids is 1. The van der Waals surface area contributed by atoms with Crippen LogP contribution in [0.15, 0.2) is 17.5 Å². The number of hydrogen-bond acceptors (Lipinski definition) is 4. The summed E-state index contributed by atoms with van der Waals surface area (Å²) in [6.07, 6.45) is 0.265. The predicted octanol–water partition coefficient (Wildman–Crippen LogP) is 0.603. The minimum atomic E-state index is -1.01. The van der Waals surface area contributed by atoms with Gasteiger partial charge in [-0.15, -0.1) is 11.3 Å². The third kappa shape index (κ3) is 2.83. The number of carbonyl (C=O) groups excluding carboxylic acids is 1. The summed E-state index contributed by atoms with van der Waals surface area (Å²) in [6.45, 7) is 0.826. The van der Waals surface area contributed by atoms with Crippen LogP contribution in [0.5, 0.6) is 0 Å². The van der Waals surface area contributed by atoms with Gasteiger partial charge in [0.15, 0.2) is 6.04 Å². The van der Waals surface area contributed by atoms with E-state index in [4.69, 9.17) is 9.84 Å². The summed E-state index contributed by atoms with van der Waals surface area (Å²) in [5.41, 5.74) is 0. The molecular formula is C11H13NO4S. The SMILES string of the molecule is O=C(O)[C@H]1COCCN1C(=O)Cc1cccs1. The molecule has 92 valence electrons. The quantitative estimate of drug-likeness (QED) is 0.859. The number of ether oxygens (including phenoxy) is 1. The van der Waals surface area contributed by atoms with E-state index >= 15 is 0 Å². The Labute approximate surface area is 103 Å². The molecule has 1 amide bonds. The van der Waals surface area contributed by atoms with Gasteiger partial charge < -0.3 is 14.7 Å². The third-order valence-electron chi connectivity index (χ3n) is 2.64. The van der Waals surface area contributed by atoms with E-state index in [1.54, 1.807) is 0 Å². The van der Waals surface area contributed by atoms with Gasteiger partial charge >= 0.3 is 5.97 Å². The highest BCUT2D eigenvalue weighted by Gasteiger charge is 2.32.